The summed E-state index contributed by atoms with van der Waals surface area (Å²) in [7, 11) is 3.18. The SMILES string of the molecule is COc1c(NC[C@H]2CCC[C@@H](c3ccc(C(F)(F)F)cc3)O2)ncnc1C(=O)N1CCC(N[C@H]2CCOC[C@H]2OC)CC1. The molecule has 1 aromatic heterocycles. The molecule has 10 nitrogen and oxygen atoms in total. The van der Waals surface area contributed by atoms with Crippen LogP contribution >= 0.6 is 0 Å². The smallest absolute Gasteiger partial charge is 0.416 e. The lowest BCUT2D eigenvalue weighted by Gasteiger charge is -2.38. The van der Waals surface area contributed by atoms with Crippen LogP contribution in [0.4, 0.5) is 19.0 Å². The summed E-state index contributed by atoms with van der Waals surface area (Å²) < 4.78 is 61.8. The number of rotatable bonds is 9. The van der Waals surface area contributed by atoms with Gasteiger partial charge in [-0.3, -0.25) is 4.79 Å². The number of methoxy groups -OCH3 is 2. The number of aromatic nitrogens is 2. The summed E-state index contributed by atoms with van der Waals surface area (Å²) >= 11 is 0. The highest BCUT2D eigenvalue weighted by atomic mass is 19.4. The molecule has 3 fully saturated rings. The predicted molar refractivity (Wildman–Crippen MR) is 152 cm³/mol. The Balaban J connectivity index is 1.16. The lowest BCUT2D eigenvalue weighted by Crippen LogP contribution is -2.54. The Bertz CT molecular complexity index is 1210. The number of carbonyl (C=O) groups is 1. The molecule has 0 unspecified atom stereocenters. The fourth-order valence-corrected chi connectivity index (χ4v) is 6.07. The fraction of sp³-hybridized carbons (Fsp3) is 0.633. The Kier molecular flexibility index (Phi) is 10.4. The monoisotopic (exact) mass is 607 g/mol. The summed E-state index contributed by atoms with van der Waals surface area (Å²) in [5.74, 6) is 0.452. The quantitative estimate of drug-likeness (QED) is 0.433. The molecular formula is C30H40F3N5O5. The first-order valence-corrected chi connectivity index (χ1v) is 14.9. The van der Waals surface area contributed by atoms with Crippen LogP contribution in [-0.2, 0) is 20.4 Å². The Labute approximate surface area is 249 Å². The minimum absolute atomic E-state index is 0.0272. The number of amides is 1. The van der Waals surface area contributed by atoms with Crippen LogP contribution in [-0.4, -0.2) is 92.1 Å². The van der Waals surface area contributed by atoms with Crippen LogP contribution in [0, 0.1) is 0 Å². The highest BCUT2D eigenvalue weighted by Crippen LogP contribution is 2.35. The third-order valence-electron chi connectivity index (χ3n) is 8.51. The van der Waals surface area contributed by atoms with E-state index in [1.54, 1.807) is 12.0 Å². The van der Waals surface area contributed by atoms with E-state index in [1.807, 2.05) is 0 Å². The van der Waals surface area contributed by atoms with Crippen molar-refractivity contribution in [3.05, 3.63) is 47.4 Å². The minimum Gasteiger partial charge on any atom is -0.491 e. The van der Waals surface area contributed by atoms with Gasteiger partial charge in [-0.05, 0) is 56.2 Å². The van der Waals surface area contributed by atoms with Crippen molar-refractivity contribution < 1.29 is 36.9 Å². The van der Waals surface area contributed by atoms with Crippen molar-refractivity contribution >= 4 is 11.7 Å². The van der Waals surface area contributed by atoms with Gasteiger partial charge in [0.25, 0.3) is 5.91 Å². The first-order valence-electron chi connectivity index (χ1n) is 14.9. The first kappa shape index (κ1) is 31.4. The summed E-state index contributed by atoms with van der Waals surface area (Å²) in [6, 6.07) is 5.67. The molecule has 0 bridgehead atoms. The number of hydrogen-bond acceptors (Lipinski definition) is 9. The second-order valence-corrected chi connectivity index (χ2v) is 11.3. The van der Waals surface area contributed by atoms with Crippen molar-refractivity contribution in [2.24, 2.45) is 0 Å². The van der Waals surface area contributed by atoms with Gasteiger partial charge in [-0.25, -0.2) is 9.97 Å². The average Bonchev–Trinajstić information content (AvgIpc) is 3.03. The molecule has 13 heteroatoms. The van der Waals surface area contributed by atoms with Gasteiger partial charge in [-0.1, -0.05) is 12.1 Å². The molecule has 1 amide bonds. The predicted octanol–water partition coefficient (Wildman–Crippen LogP) is 4.22. The Morgan fingerprint density at radius 1 is 1.07 bits per heavy atom. The van der Waals surface area contributed by atoms with Crippen molar-refractivity contribution in [1.29, 1.82) is 0 Å². The average molecular weight is 608 g/mol. The molecule has 4 atom stereocenters. The zero-order chi connectivity index (χ0) is 30.4. The van der Waals surface area contributed by atoms with E-state index < -0.39 is 11.7 Å². The second kappa shape index (κ2) is 14.2. The lowest BCUT2D eigenvalue weighted by molar-refractivity contribution is -0.137. The van der Waals surface area contributed by atoms with Gasteiger partial charge in [0, 0.05) is 45.4 Å². The molecule has 3 aliphatic rings. The largest absolute Gasteiger partial charge is 0.491 e. The number of halogens is 3. The molecule has 3 saturated heterocycles. The molecule has 3 aliphatic heterocycles. The number of benzene rings is 1. The number of anilines is 1. The first-order chi connectivity index (χ1) is 20.8. The van der Waals surface area contributed by atoms with Crippen LogP contribution in [0.2, 0.25) is 0 Å². The molecule has 2 aromatic rings. The molecular weight excluding hydrogens is 567 g/mol. The Hall–Kier alpha value is -3.00. The van der Waals surface area contributed by atoms with E-state index in [9.17, 15) is 18.0 Å². The van der Waals surface area contributed by atoms with E-state index in [-0.39, 0.29) is 47.7 Å². The van der Waals surface area contributed by atoms with Gasteiger partial charge in [0.2, 0.25) is 0 Å². The zero-order valence-electron chi connectivity index (χ0n) is 24.6. The number of nitrogens with one attached hydrogen (secondary N) is 2. The molecule has 236 valence electrons. The van der Waals surface area contributed by atoms with Crippen LogP contribution in [0.25, 0.3) is 0 Å². The number of nitrogens with zero attached hydrogens (tertiary/aromatic N) is 3. The van der Waals surface area contributed by atoms with Crippen molar-refractivity contribution in [3.63, 3.8) is 0 Å². The van der Waals surface area contributed by atoms with E-state index in [0.717, 1.165) is 56.2 Å². The topological polar surface area (TPSA) is 107 Å². The molecule has 0 aliphatic carbocycles. The zero-order valence-corrected chi connectivity index (χ0v) is 24.6. The van der Waals surface area contributed by atoms with Gasteiger partial charge < -0.3 is 34.5 Å². The van der Waals surface area contributed by atoms with E-state index >= 15 is 0 Å². The van der Waals surface area contributed by atoms with Crippen molar-refractivity contribution in [1.82, 2.24) is 20.2 Å². The molecule has 2 N–H and O–H groups in total. The van der Waals surface area contributed by atoms with Crippen molar-refractivity contribution in [2.45, 2.75) is 75.1 Å². The normalized spacial score (nSPS) is 25.4. The number of alkyl halides is 3. The number of likely N-dealkylation sites (tertiary alicyclic amines) is 1. The molecule has 0 saturated carbocycles. The Morgan fingerprint density at radius 2 is 1.84 bits per heavy atom. The summed E-state index contributed by atoms with van der Waals surface area (Å²) in [5.41, 5.74) is 0.237. The molecule has 4 heterocycles. The second-order valence-electron chi connectivity index (χ2n) is 11.3. The van der Waals surface area contributed by atoms with Gasteiger partial charge in [-0.15, -0.1) is 0 Å². The van der Waals surface area contributed by atoms with Crippen LogP contribution in [0.1, 0.15) is 66.2 Å². The number of carbonyl (C=O) groups excluding carboxylic acids is 1. The van der Waals surface area contributed by atoms with E-state index in [2.05, 4.69) is 20.6 Å². The molecule has 0 radical (unpaired) electrons. The molecule has 1 aromatic carbocycles. The Morgan fingerprint density at radius 3 is 2.53 bits per heavy atom. The maximum Gasteiger partial charge on any atom is 0.416 e. The van der Waals surface area contributed by atoms with Crippen LogP contribution < -0.4 is 15.4 Å². The number of ether oxygens (including phenoxy) is 4. The molecule has 0 spiro atoms. The van der Waals surface area contributed by atoms with Gasteiger partial charge in [0.1, 0.15) is 6.33 Å². The van der Waals surface area contributed by atoms with Crippen LogP contribution in [0.15, 0.2) is 30.6 Å². The fourth-order valence-electron chi connectivity index (χ4n) is 6.07. The van der Waals surface area contributed by atoms with Gasteiger partial charge in [0.15, 0.2) is 17.3 Å². The van der Waals surface area contributed by atoms with Crippen molar-refractivity contribution in [2.75, 3.05) is 52.4 Å². The number of hydrogen-bond donors (Lipinski definition) is 2. The van der Waals surface area contributed by atoms with E-state index in [0.29, 0.717) is 38.7 Å². The molecule has 43 heavy (non-hydrogen) atoms. The summed E-state index contributed by atoms with van der Waals surface area (Å²) in [5, 5.41) is 6.94. The lowest BCUT2D eigenvalue weighted by atomic mass is 9.97. The summed E-state index contributed by atoms with van der Waals surface area (Å²) in [6.45, 7) is 2.88. The van der Waals surface area contributed by atoms with E-state index in [1.165, 1.54) is 25.6 Å². The third-order valence-corrected chi connectivity index (χ3v) is 8.51. The van der Waals surface area contributed by atoms with E-state index in [4.69, 9.17) is 18.9 Å². The maximum atomic E-state index is 13.5. The van der Waals surface area contributed by atoms with Crippen molar-refractivity contribution in [3.8, 4) is 5.75 Å². The number of piperidine rings is 1. The summed E-state index contributed by atoms with van der Waals surface area (Å²) in [4.78, 5) is 23.9. The van der Waals surface area contributed by atoms with Crippen LogP contribution in [0.5, 0.6) is 5.75 Å². The summed E-state index contributed by atoms with van der Waals surface area (Å²) in [6.07, 6.45) is 1.42. The van der Waals surface area contributed by atoms with Gasteiger partial charge in [-0.2, -0.15) is 13.2 Å². The minimum atomic E-state index is -4.37. The van der Waals surface area contributed by atoms with Gasteiger partial charge >= 0.3 is 6.18 Å². The van der Waals surface area contributed by atoms with Gasteiger partial charge in [0.05, 0.1) is 37.6 Å². The standard InChI is InChI=1S/C30H40F3N5O5/c1-40-25-17-42-15-12-23(25)37-21-10-13-38(14-11-21)29(39)26-27(41-2)28(36-18-35-26)34-16-22-4-3-5-24(43-22)19-6-8-20(9-7-19)30(31,32)33/h6-9,18,21-25,37H,3-5,10-17H2,1-2H3,(H,34,35,36)/t22-,23+,24+,25-/m1/s1. The highest BCUT2D eigenvalue weighted by Gasteiger charge is 2.33. The molecule has 5 rings (SSSR count). The maximum absolute atomic E-state index is 13.5. The van der Waals surface area contributed by atoms with Crippen LogP contribution in [0.3, 0.4) is 0 Å². The highest BCUT2D eigenvalue weighted by molar-refractivity contribution is 5.96. The third kappa shape index (κ3) is 7.75.